The summed E-state index contributed by atoms with van der Waals surface area (Å²) in [6.07, 6.45) is 0. The summed E-state index contributed by atoms with van der Waals surface area (Å²) >= 11 is 3.27. The molecule has 3 aromatic carbocycles. The largest absolute Gasteiger partial charge is 0.423 e. The highest BCUT2D eigenvalue weighted by atomic mass is 79.9. The summed E-state index contributed by atoms with van der Waals surface area (Å²) < 4.78 is 32.0. The highest BCUT2D eigenvalue weighted by Gasteiger charge is 2.25. The summed E-state index contributed by atoms with van der Waals surface area (Å²) in [6.45, 7) is 0. The molecule has 28 heavy (non-hydrogen) atoms. The molecule has 0 N–H and O–H groups in total. The number of carbonyl (C=O) groups excluding carboxylic acids is 1. The van der Waals surface area contributed by atoms with E-state index in [-0.39, 0.29) is 26.8 Å². The Hall–Kier alpha value is -3.04. The number of ether oxygens (including phenoxy) is 1. The Balaban J connectivity index is 1.97. The first-order chi connectivity index (χ1) is 13.3. The quantitative estimate of drug-likeness (QED) is 0.241. The molecule has 0 saturated heterocycles. The van der Waals surface area contributed by atoms with Gasteiger partial charge in [0.1, 0.15) is 5.75 Å². The zero-order valence-electron chi connectivity index (χ0n) is 14.1. The van der Waals surface area contributed by atoms with Crippen molar-refractivity contribution in [2.75, 3.05) is 0 Å². The number of halogens is 1. The number of sulfone groups is 1. The molecule has 0 saturated carbocycles. The molecule has 9 heteroatoms. The SMILES string of the molecule is O=C(Oc1ccc(Br)cc1)c1ccccc1S(=O)(=O)c1ccc([N+](=O)[O-])cc1. The lowest BCUT2D eigenvalue weighted by atomic mass is 10.2. The van der Waals surface area contributed by atoms with Crippen LogP contribution >= 0.6 is 15.9 Å². The van der Waals surface area contributed by atoms with Crippen molar-refractivity contribution in [3.8, 4) is 5.75 Å². The fourth-order valence-corrected chi connectivity index (χ4v) is 4.12. The fourth-order valence-electron chi connectivity index (χ4n) is 2.41. The van der Waals surface area contributed by atoms with E-state index in [0.29, 0.717) is 0 Å². The lowest BCUT2D eigenvalue weighted by Gasteiger charge is -2.10. The Morgan fingerprint density at radius 1 is 0.929 bits per heavy atom. The molecule has 0 aliphatic rings. The molecule has 0 aliphatic carbocycles. The molecule has 0 amide bonds. The second kappa shape index (κ2) is 7.91. The fraction of sp³-hybridized carbons (Fsp3) is 0. The van der Waals surface area contributed by atoms with E-state index in [1.54, 1.807) is 24.3 Å². The van der Waals surface area contributed by atoms with Crippen LogP contribution in [0.3, 0.4) is 0 Å². The first kappa shape index (κ1) is 19.7. The number of hydrogen-bond donors (Lipinski definition) is 0. The van der Waals surface area contributed by atoms with E-state index in [4.69, 9.17) is 4.74 Å². The van der Waals surface area contributed by atoms with Gasteiger partial charge in [-0.15, -0.1) is 0 Å². The van der Waals surface area contributed by atoms with Crippen molar-refractivity contribution < 1.29 is 22.9 Å². The van der Waals surface area contributed by atoms with E-state index >= 15 is 0 Å². The Morgan fingerprint density at radius 2 is 1.54 bits per heavy atom. The van der Waals surface area contributed by atoms with E-state index in [1.165, 1.54) is 24.3 Å². The number of nitro groups is 1. The topological polar surface area (TPSA) is 104 Å². The first-order valence-electron chi connectivity index (χ1n) is 7.85. The Kier molecular flexibility index (Phi) is 5.57. The zero-order valence-corrected chi connectivity index (χ0v) is 16.5. The second-order valence-corrected chi connectivity index (χ2v) is 8.43. The van der Waals surface area contributed by atoms with Crippen LogP contribution in [0.4, 0.5) is 5.69 Å². The Bertz CT molecular complexity index is 1140. The van der Waals surface area contributed by atoms with Crippen LogP contribution in [0.2, 0.25) is 0 Å². The molecule has 0 unspecified atom stereocenters. The van der Waals surface area contributed by atoms with Gasteiger partial charge in [0.05, 0.1) is 20.3 Å². The lowest BCUT2D eigenvalue weighted by Crippen LogP contribution is -2.14. The van der Waals surface area contributed by atoms with Crippen LogP contribution in [0.25, 0.3) is 0 Å². The molecule has 0 spiro atoms. The molecular weight excluding hydrogens is 450 g/mol. The highest BCUT2D eigenvalue weighted by molar-refractivity contribution is 9.10. The van der Waals surface area contributed by atoms with Gasteiger partial charge in [-0.25, -0.2) is 13.2 Å². The van der Waals surface area contributed by atoms with Crippen molar-refractivity contribution in [3.05, 3.63) is 92.9 Å². The van der Waals surface area contributed by atoms with E-state index in [9.17, 15) is 23.3 Å². The number of benzene rings is 3. The highest BCUT2D eigenvalue weighted by Crippen LogP contribution is 2.27. The van der Waals surface area contributed by atoms with Crippen molar-refractivity contribution in [1.82, 2.24) is 0 Å². The zero-order chi connectivity index (χ0) is 20.3. The minimum absolute atomic E-state index is 0.135. The summed E-state index contributed by atoms with van der Waals surface area (Å²) in [5.41, 5.74) is -0.370. The van der Waals surface area contributed by atoms with Gasteiger partial charge < -0.3 is 4.74 Å². The maximum absolute atomic E-state index is 13.0. The molecule has 0 fully saturated rings. The van der Waals surface area contributed by atoms with Crippen LogP contribution in [0.5, 0.6) is 5.75 Å². The molecule has 7 nitrogen and oxygen atoms in total. The summed E-state index contributed by atoms with van der Waals surface area (Å²) in [5, 5.41) is 10.8. The van der Waals surface area contributed by atoms with E-state index in [0.717, 1.165) is 28.7 Å². The van der Waals surface area contributed by atoms with Gasteiger partial charge in [0.25, 0.3) is 5.69 Å². The predicted molar refractivity (Wildman–Crippen MR) is 104 cm³/mol. The summed E-state index contributed by atoms with van der Waals surface area (Å²) in [7, 11) is -4.09. The Labute approximate surface area is 168 Å². The number of hydrogen-bond acceptors (Lipinski definition) is 6. The molecule has 0 heterocycles. The molecule has 3 rings (SSSR count). The standard InChI is InChI=1S/C19H12BrNO6S/c20-13-5-9-15(10-6-13)27-19(22)17-3-1-2-4-18(17)28(25,26)16-11-7-14(8-12-16)21(23)24/h1-12H. The number of rotatable bonds is 5. The predicted octanol–water partition coefficient (Wildman–Crippen LogP) is 4.41. The van der Waals surface area contributed by atoms with Gasteiger partial charge in [-0.05, 0) is 48.5 Å². The van der Waals surface area contributed by atoms with E-state index < -0.39 is 20.7 Å². The molecule has 0 aromatic heterocycles. The summed E-state index contributed by atoms with van der Waals surface area (Å²) in [5.74, 6) is -0.570. The van der Waals surface area contributed by atoms with Crippen LogP contribution in [-0.4, -0.2) is 19.3 Å². The smallest absolute Gasteiger partial charge is 0.344 e. The van der Waals surface area contributed by atoms with Crippen molar-refractivity contribution in [1.29, 1.82) is 0 Å². The molecule has 0 aliphatic heterocycles. The van der Waals surface area contributed by atoms with Crippen LogP contribution < -0.4 is 4.74 Å². The summed E-state index contributed by atoms with van der Waals surface area (Å²) in [4.78, 5) is 22.3. The van der Waals surface area contributed by atoms with Gasteiger partial charge in [0, 0.05) is 16.6 Å². The first-order valence-corrected chi connectivity index (χ1v) is 10.1. The molecule has 3 aromatic rings. The summed E-state index contributed by atoms with van der Waals surface area (Å²) in [6, 6.07) is 16.6. The minimum atomic E-state index is -4.09. The molecule has 0 atom stereocenters. The monoisotopic (exact) mass is 461 g/mol. The molecule has 0 bridgehead atoms. The van der Waals surface area contributed by atoms with E-state index in [1.807, 2.05) is 0 Å². The van der Waals surface area contributed by atoms with Crippen molar-refractivity contribution in [2.45, 2.75) is 9.79 Å². The number of carbonyl (C=O) groups is 1. The second-order valence-electron chi connectivity index (χ2n) is 5.59. The third-order valence-corrected chi connectivity index (χ3v) is 6.13. The number of esters is 1. The number of non-ortho nitro benzene ring substituents is 1. The number of nitrogens with zero attached hydrogens (tertiary/aromatic N) is 1. The van der Waals surface area contributed by atoms with Crippen LogP contribution in [0.15, 0.2) is 87.1 Å². The number of nitro benzene ring substituents is 1. The minimum Gasteiger partial charge on any atom is -0.423 e. The van der Waals surface area contributed by atoms with Gasteiger partial charge in [0.2, 0.25) is 9.84 Å². The molecular formula is C19H12BrNO6S. The lowest BCUT2D eigenvalue weighted by molar-refractivity contribution is -0.384. The van der Waals surface area contributed by atoms with Crippen LogP contribution in [0, 0.1) is 10.1 Å². The van der Waals surface area contributed by atoms with Crippen LogP contribution in [0.1, 0.15) is 10.4 Å². The maximum Gasteiger partial charge on any atom is 0.344 e. The van der Waals surface area contributed by atoms with Crippen molar-refractivity contribution >= 4 is 37.4 Å². The maximum atomic E-state index is 13.0. The average Bonchev–Trinajstić information content (AvgIpc) is 2.69. The van der Waals surface area contributed by atoms with Crippen molar-refractivity contribution in [3.63, 3.8) is 0 Å². The average molecular weight is 462 g/mol. The Morgan fingerprint density at radius 3 is 2.14 bits per heavy atom. The van der Waals surface area contributed by atoms with Gasteiger partial charge in [0.15, 0.2) is 0 Å². The van der Waals surface area contributed by atoms with Gasteiger partial charge in [-0.3, -0.25) is 10.1 Å². The van der Waals surface area contributed by atoms with Gasteiger partial charge >= 0.3 is 5.97 Å². The van der Waals surface area contributed by atoms with Gasteiger partial charge in [-0.2, -0.15) is 0 Å². The molecule has 0 radical (unpaired) electrons. The third kappa shape index (κ3) is 4.10. The van der Waals surface area contributed by atoms with E-state index in [2.05, 4.69) is 15.9 Å². The van der Waals surface area contributed by atoms with Crippen molar-refractivity contribution in [2.24, 2.45) is 0 Å². The normalized spacial score (nSPS) is 11.0. The molecule has 142 valence electrons. The van der Waals surface area contributed by atoms with Crippen LogP contribution in [-0.2, 0) is 9.84 Å². The van der Waals surface area contributed by atoms with Gasteiger partial charge in [-0.1, -0.05) is 28.1 Å². The third-order valence-electron chi connectivity index (χ3n) is 3.78.